The number of amides is 1. The highest BCUT2D eigenvalue weighted by atomic mass is 16.6. The van der Waals surface area contributed by atoms with Gasteiger partial charge in [0.1, 0.15) is 6.04 Å². The number of hydrogen-bond acceptors (Lipinski definition) is 5. The van der Waals surface area contributed by atoms with Crippen molar-refractivity contribution in [2.24, 2.45) is 0 Å². The standard InChI is InChI=1S/C20H24N4O3/c1-14-12-17(8-9-19(14)23-10-3-4-11-23)21-15(2)20(25)22-16-6-5-7-18(13-16)24(26)27/h5-9,12-13,15,21H,3-4,10-11H2,1-2H3,(H,22,25). The molecule has 0 aliphatic carbocycles. The van der Waals surface area contributed by atoms with E-state index in [2.05, 4.69) is 28.5 Å². The number of nitro groups is 1. The lowest BCUT2D eigenvalue weighted by molar-refractivity contribution is -0.384. The number of carbonyl (C=O) groups is 1. The molecule has 7 heteroatoms. The Labute approximate surface area is 158 Å². The Bertz CT molecular complexity index is 847. The number of non-ortho nitro benzene ring substituents is 1. The molecular weight excluding hydrogens is 344 g/mol. The second-order valence-electron chi connectivity index (χ2n) is 6.86. The quantitative estimate of drug-likeness (QED) is 0.596. The van der Waals surface area contributed by atoms with Crippen molar-refractivity contribution in [2.75, 3.05) is 28.6 Å². The molecule has 0 saturated carbocycles. The second-order valence-corrected chi connectivity index (χ2v) is 6.86. The van der Waals surface area contributed by atoms with E-state index in [-0.39, 0.29) is 11.6 Å². The fourth-order valence-corrected chi connectivity index (χ4v) is 3.32. The van der Waals surface area contributed by atoms with Crippen LogP contribution in [0.4, 0.5) is 22.7 Å². The van der Waals surface area contributed by atoms with Crippen molar-refractivity contribution in [2.45, 2.75) is 32.7 Å². The van der Waals surface area contributed by atoms with E-state index >= 15 is 0 Å². The molecule has 0 bridgehead atoms. The van der Waals surface area contributed by atoms with Crippen molar-refractivity contribution in [3.05, 3.63) is 58.1 Å². The van der Waals surface area contributed by atoms with E-state index in [0.29, 0.717) is 5.69 Å². The zero-order chi connectivity index (χ0) is 19.4. The predicted octanol–water partition coefficient (Wildman–Crippen LogP) is 3.94. The van der Waals surface area contributed by atoms with Crippen molar-refractivity contribution in [1.29, 1.82) is 0 Å². The number of nitrogens with one attached hydrogen (secondary N) is 2. The van der Waals surface area contributed by atoms with Crippen LogP contribution in [-0.4, -0.2) is 30.0 Å². The number of benzene rings is 2. The summed E-state index contributed by atoms with van der Waals surface area (Å²) in [5.41, 5.74) is 3.64. The largest absolute Gasteiger partial charge is 0.374 e. The first kappa shape index (κ1) is 18.7. The Morgan fingerprint density at radius 1 is 1.15 bits per heavy atom. The van der Waals surface area contributed by atoms with Gasteiger partial charge in [0.05, 0.1) is 4.92 Å². The molecule has 1 saturated heterocycles. The molecule has 142 valence electrons. The number of rotatable bonds is 6. The summed E-state index contributed by atoms with van der Waals surface area (Å²) < 4.78 is 0. The van der Waals surface area contributed by atoms with E-state index in [0.717, 1.165) is 18.8 Å². The van der Waals surface area contributed by atoms with Gasteiger partial charge in [-0.2, -0.15) is 0 Å². The average molecular weight is 368 g/mol. The average Bonchev–Trinajstić information content (AvgIpc) is 3.16. The van der Waals surface area contributed by atoms with E-state index in [9.17, 15) is 14.9 Å². The van der Waals surface area contributed by atoms with E-state index in [1.165, 1.54) is 36.2 Å². The van der Waals surface area contributed by atoms with Crippen molar-refractivity contribution >= 4 is 28.7 Å². The molecule has 1 fully saturated rings. The maximum Gasteiger partial charge on any atom is 0.271 e. The summed E-state index contributed by atoms with van der Waals surface area (Å²) in [6.07, 6.45) is 2.46. The number of aryl methyl sites for hydroxylation is 1. The minimum Gasteiger partial charge on any atom is -0.374 e. The summed E-state index contributed by atoms with van der Waals surface area (Å²) in [4.78, 5) is 25.2. The fourth-order valence-electron chi connectivity index (χ4n) is 3.32. The van der Waals surface area contributed by atoms with Gasteiger partial charge in [-0.1, -0.05) is 6.07 Å². The number of nitro benzene ring substituents is 1. The first-order chi connectivity index (χ1) is 12.9. The number of nitrogens with zero attached hydrogens (tertiary/aromatic N) is 2. The van der Waals surface area contributed by atoms with Crippen LogP contribution < -0.4 is 15.5 Å². The minimum absolute atomic E-state index is 0.0541. The Morgan fingerprint density at radius 3 is 2.56 bits per heavy atom. The SMILES string of the molecule is Cc1cc(NC(C)C(=O)Nc2cccc([N+](=O)[O-])c2)ccc1N1CCCC1. The van der Waals surface area contributed by atoms with Crippen LogP contribution in [0.3, 0.4) is 0 Å². The molecule has 3 rings (SSSR count). The zero-order valence-corrected chi connectivity index (χ0v) is 15.6. The smallest absolute Gasteiger partial charge is 0.271 e. The van der Waals surface area contributed by atoms with Crippen LogP contribution in [0.15, 0.2) is 42.5 Å². The van der Waals surface area contributed by atoms with Crippen LogP contribution >= 0.6 is 0 Å². The molecule has 0 radical (unpaired) electrons. The third-order valence-corrected chi connectivity index (χ3v) is 4.74. The molecule has 1 heterocycles. The van der Waals surface area contributed by atoms with Gasteiger partial charge in [0.2, 0.25) is 5.91 Å². The molecule has 1 aliphatic heterocycles. The topological polar surface area (TPSA) is 87.5 Å². The number of anilines is 3. The third kappa shape index (κ3) is 4.55. The molecule has 0 spiro atoms. The Hall–Kier alpha value is -3.09. The molecular formula is C20H24N4O3. The lowest BCUT2D eigenvalue weighted by atomic mass is 10.1. The first-order valence-electron chi connectivity index (χ1n) is 9.11. The Morgan fingerprint density at radius 2 is 1.89 bits per heavy atom. The van der Waals surface area contributed by atoms with Gasteiger partial charge in [0.15, 0.2) is 0 Å². The maximum absolute atomic E-state index is 12.4. The molecule has 7 nitrogen and oxygen atoms in total. The molecule has 1 aliphatic rings. The van der Waals surface area contributed by atoms with Crippen molar-refractivity contribution in [1.82, 2.24) is 0 Å². The summed E-state index contributed by atoms with van der Waals surface area (Å²) in [6.45, 7) is 6.02. The Balaban J connectivity index is 1.63. The molecule has 1 amide bonds. The highest BCUT2D eigenvalue weighted by Crippen LogP contribution is 2.27. The number of hydrogen-bond donors (Lipinski definition) is 2. The van der Waals surface area contributed by atoms with Gasteiger partial charge in [-0.05, 0) is 56.5 Å². The van der Waals surface area contributed by atoms with Crippen molar-refractivity contribution in [3.8, 4) is 0 Å². The first-order valence-corrected chi connectivity index (χ1v) is 9.11. The van der Waals surface area contributed by atoms with Gasteiger partial charge in [-0.25, -0.2) is 0 Å². The lowest BCUT2D eigenvalue weighted by Crippen LogP contribution is -2.32. The number of carbonyl (C=O) groups excluding carboxylic acids is 1. The van der Waals surface area contributed by atoms with Crippen LogP contribution in [0.2, 0.25) is 0 Å². The van der Waals surface area contributed by atoms with Crippen molar-refractivity contribution in [3.63, 3.8) is 0 Å². The van der Waals surface area contributed by atoms with Gasteiger partial charge in [0.25, 0.3) is 5.69 Å². The summed E-state index contributed by atoms with van der Waals surface area (Å²) >= 11 is 0. The normalized spacial score (nSPS) is 14.7. The monoisotopic (exact) mass is 368 g/mol. The maximum atomic E-state index is 12.4. The summed E-state index contributed by atoms with van der Waals surface area (Å²) in [7, 11) is 0. The van der Waals surface area contributed by atoms with Crippen LogP contribution in [0.1, 0.15) is 25.3 Å². The van der Waals surface area contributed by atoms with E-state index in [1.807, 2.05) is 12.1 Å². The van der Waals surface area contributed by atoms with Crippen molar-refractivity contribution < 1.29 is 9.72 Å². The molecule has 27 heavy (non-hydrogen) atoms. The molecule has 2 aromatic carbocycles. The van der Waals surface area contributed by atoms with Gasteiger partial charge in [-0.3, -0.25) is 14.9 Å². The van der Waals surface area contributed by atoms with Gasteiger partial charge >= 0.3 is 0 Å². The molecule has 2 aromatic rings. The highest BCUT2D eigenvalue weighted by molar-refractivity contribution is 5.96. The van der Waals surface area contributed by atoms with Crippen LogP contribution in [-0.2, 0) is 4.79 Å². The van der Waals surface area contributed by atoms with E-state index in [4.69, 9.17) is 0 Å². The summed E-state index contributed by atoms with van der Waals surface area (Å²) in [6, 6.07) is 11.6. The van der Waals surface area contributed by atoms with Crippen LogP contribution in [0, 0.1) is 17.0 Å². The lowest BCUT2D eigenvalue weighted by Gasteiger charge is -2.22. The minimum atomic E-state index is -0.485. The fraction of sp³-hybridized carbons (Fsp3) is 0.350. The summed E-state index contributed by atoms with van der Waals surface area (Å²) in [5, 5.41) is 16.8. The van der Waals surface area contributed by atoms with Gasteiger partial charge in [0, 0.05) is 42.3 Å². The predicted molar refractivity (Wildman–Crippen MR) is 107 cm³/mol. The van der Waals surface area contributed by atoms with Gasteiger partial charge < -0.3 is 15.5 Å². The molecule has 1 atom stereocenters. The van der Waals surface area contributed by atoms with E-state index < -0.39 is 11.0 Å². The highest BCUT2D eigenvalue weighted by Gasteiger charge is 2.17. The zero-order valence-electron chi connectivity index (χ0n) is 15.6. The molecule has 1 unspecified atom stereocenters. The Kier molecular flexibility index (Phi) is 5.59. The third-order valence-electron chi connectivity index (χ3n) is 4.74. The molecule has 2 N–H and O–H groups in total. The van der Waals surface area contributed by atoms with Crippen LogP contribution in [0.5, 0.6) is 0 Å². The molecule has 0 aromatic heterocycles. The van der Waals surface area contributed by atoms with Gasteiger partial charge in [-0.15, -0.1) is 0 Å². The summed E-state index contributed by atoms with van der Waals surface area (Å²) in [5.74, 6) is -0.253. The second kappa shape index (κ2) is 8.07. The van der Waals surface area contributed by atoms with E-state index in [1.54, 1.807) is 19.1 Å². The van der Waals surface area contributed by atoms with Crippen LogP contribution in [0.25, 0.3) is 0 Å².